The van der Waals surface area contributed by atoms with Crippen LogP contribution >= 0.6 is 22.9 Å². The maximum absolute atomic E-state index is 12.9. The molecule has 0 saturated carbocycles. The Morgan fingerprint density at radius 3 is 2.76 bits per heavy atom. The van der Waals surface area contributed by atoms with E-state index in [9.17, 15) is 9.59 Å². The number of thiophene rings is 1. The fraction of sp³-hybridized carbons (Fsp3) is 0.250. The molecule has 8 nitrogen and oxygen atoms in total. The van der Waals surface area contributed by atoms with Gasteiger partial charge in [0, 0.05) is 34.7 Å². The average molecular weight is 547 g/mol. The number of likely N-dealkylation sites (tertiary alicyclic amines) is 1. The number of H-pyrrole nitrogens is 2. The van der Waals surface area contributed by atoms with Gasteiger partial charge in [0.15, 0.2) is 0 Å². The predicted molar refractivity (Wildman–Crippen MR) is 152 cm³/mol. The number of hydrogen-bond acceptors (Lipinski definition) is 5. The normalized spacial score (nSPS) is 14.2. The lowest BCUT2D eigenvalue weighted by molar-refractivity contribution is 0.102. The molecule has 5 heterocycles. The van der Waals surface area contributed by atoms with Gasteiger partial charge >= 0.3 is 0 Å². The van der Waals surface area contributed by atoms with Crippen LogP contribution < -0.4 is 10.9 Å². The van der Waals surface area contributed by atoms with Gasteiger partial charge in [0.1, 0.15) is 0 Å². The van der Waals surface area contributed by atoms with E-state index in [0.717, 1.165) is 35.4 Å². The molecule has 4 aromatic heterocycles. The second-order valence-electron chi connectivity index (χ2n) is 9.66. The van der Waals surface area contributed by atoms with Gasteiger partial charge in [0.25, 0.3) is 11.5 Å². The number of pyridine rings is 1. The van der Waals surface area contributed by atoms with Crippen molar-refractivity contribution in [3.05, 3.63) is 91.7 Å². The molecule has 1 amide bonds. The average Bonchev–Trinajstić information content (AvgIpc) is 3.66. The van der Waals surface area contributed by atoms with Gasteiger partial charge in [-0.2, -0.15) is 5.10 Å². The Bertz CT molecular complexity index is 1660. The molecule has 1 saturated heterocycles. The van der Waals surface area contributed by atoms with Gasteiger partial charge < -0.3 is 15.3 Å². The summed E-state index contributed by atoms with van der Waals surface area (Å²) in [4.78, 5) is 35.2. The molecular weight excluding hydrogens is 520 g/mol. The lowest BCUT2D eigenvalue weighted by Gasteiger charge is -2.26. The van der Waals surface area contributed by atoms with E-state index in [1.165, 1.54) is 48.6 Å². The van der Waals surface area contributed by atoms with E-state index >= 15 is 0 Å². The third-order valence-electron chi connectivity index (χ3n) is 6.83. The van der Waals surface area contributed by atoms with Crippen molar-refractivity contribution in [3.63, 3.8) is 0 Å². The third kappa shape index (κ3) is 5.45. The Labute approximate surface area is 228 Å². The van der Waals surface area contributed by atoms with Crippen LogP contribution in [0.3, 0.4) is 0 Å². The first kappa shape index (κ1) is 24.7. The lowest BCUT2D eigenvalue weighted by Crippen LogP contribution is -2.28. The Hall–Kier alpha value is -3.66. The largest absolute Gasteiger partial charge is 0.354 e. The molecule has 1 aliphatic rings. The molecule has 194 valence electrons. The molecule has 0 unspecified atom stereocenters. The van der Waals surface area contributed by atoms with E-state index in [1.807, 2.05) is 18.2 Å². The second-order valence-corrected chi connectivity index (χ2v) is 11.5. The molecule has 5 aromatic rings. The number of halogens is 1. The Balaban J connectivity index is 1.18. The van der Waals surface area contributed by atoms with Crippen LogP contribution in [0.1, 0.15) is 40.1 Å². The summed E-state index contributed by atoms with van der Waals surface area (Å²) >= 11 is 7.48. The van der Waals surface area contributed by atoms with Gasteiger partial charge in [-0.1, -0.05) is 24.1 Å². The topological polar surface area (TPSA) is 98.8 Å². The molecular formula is C28H27ClN6O2S. The molecule has 0 spiro atoms. The molecule has 3 N–H and O–H groups in total. The highest BCUT2D eigenvalue weighted by molar-refractivity contribution is 7.16. The molecule has 1 aromatic carbocycles. The summed E-state index contributed by atoms with van der Waals surface area (Å²) in [5, 5.41) is 8.21. The summed E-state index contributed by atoms with van der Waals surface area (Å²) < 4.78 is 2.41. The zero-order chi connectivity index (χ0) is 26.1. The zero-order valence-corrected chi connectivity index (χ0v) is 22.2. The summed E-state index contributed by atoms with van der Waals surface area (Å²) in [6.07, 6.45) is 8.56. The van der Waals surface area contributed by atoms with Gasteiger partial charge in [-0.25, -0.2) is 0 Å². The summed E-state index contributed by atoms with van der Waals surface area (Å²) in [5.41, 5.74) is 4.08. The van der Waals surface area contributed by atoms with Gasteiger partial charge in [-0.15, -0.1) is 11.3 Å². The summed E-state index contributed by atoms with van der Waals surface area (Å²) in [6, 6.07) is 13.9. The highest BCUT2D eigenvalue weighted by Crippen LogP contribution is 2.26. The molecule has 1 aliphatic heterocycles. The number of carbonyl (C=O) groups is 1. The maximum atomic E-state index is 12.9. The standard InChI is InChI=1S/C28H27ClN6O2S/c29-26-7-5-22(38-26)17-35-16-20(13-31-35)27(36)32-21-12-23(28(37)30-14-21)25-11-19-10-18(4-6-24(19)33-25)15-34-8-2-1-3-9-34/h4-7,10-14,16,33H,1-3,8-9,15,17H2,(H,30,37)(H,32,36). The van der Waals surface area contributed by atoms with Crippen LogP contribution in [0.5, 0.6) is 0 Å². The van der Waals surface area contributed by atoms with E-state index in [0.29, 0.717) is 33.4 Å². The van der Waals surface area contributed by atoms with Crippen molar-refractivity contribution in [1.29, 1.82) is 0 Å². The fourth-order valence-electron chi connectivity index (χ4n) is 4.92. The number of piperidine rings is 1. The van der Waals surface area contributed by atoms with Gasteiger partial charge in [-0.05, 0) is 67.9 Å². The van der Waals surface area contributed by atoms with Crippen LogP contribution in [-0.4, -0.2) is 43.6 Å². The number of carbonyl (C=O) groups excluding carboxylic acids is 1. The van der Waals surface area contributed by atoms with Crippen molar-refractivity contribution in [2.24, 2.45) is 0 Å². The highest BCUT2D eigenvalue weighted by Gasteiger charge is 2.14. The second kappa shape index (κ2) is 10.6. The Morgan fingerprint density at radius 1 is 1.08 bits per heavy atom. The molecule has 0 aliphatic carbocycles. The van der Waals surface area contributed by atoms with Gasteiger partial charge in [-0.3, -0.25) is 19.2 Å². The number of fused-ring (bicyclic) bond motifs is 1. The summed E-state index contributed by atoms with van der Waals surface area (Å²) in [5.74, 6) is -0.308. The monoisotopic (exact) mass is 546 g/mol. The van der Waals surface area contributed by atoms with Gasteiger partial charge in [0.05, 0.1) is 39.6 Å². The Morgan fingerprint density at radius 2 is 1.95 bits per heavy atom. The quantitative estimate of drug-likeness (QED) is 0.243. The number of aromatic nitrogens is 4. The highest BCUT2D eigenvalue weighted by atomic mass is 35.5. The van der Waals surface area contributed by atoms with E-state index in [-0.39, 0.29) is 11.5 Å². The van der Waals surface area contributed by atoms with E-state index in [2.05, 4.69) is 43.5 Å². The SMILES string of the molecule is O=C(Nc1c[nH]c(=O)c(-c2cc3cc(CN4CCCCC4)ccc3[nH]2)c1)c1cnn(Cc2ccc(Cl)s2)c1. The van der Waals surface area contributed by atoms with E-state index in [1.54, 1.807) is 16.9 Å². The van der Waals surface area contributed by atoms with Crippen LogP contribution in [0.25, 0.3) is 22.2 Å². The first-order valence-electron chi connectivity index (χ1n) is 12.7. The number of aromatic amines is 2. The van der Waals surface area contributed by atoms with Crippen molar-refractivity contribution in [3.8, 4) is 11.3 Å². The van der Waals surface area contributed by atoms with Crippen molar-refractivity contribution in [1.82, 2.24) is 24.6 Å². The number of benzene rings is 1. The molecule has 0 radical (unpaired) electrons. The maximum Gasteiger partial charge on any atom is 0.258 e. The van der Waals surface area contributed by atoms with Crippen molar-refractivity contribution < 1.29 is 4.79 Å². The minimum absolute atomic E-state index is 0.231. The van der Waals surface area contributed by atoms with Crippen molar-refractivity contribution in [2.75, 3.05) is 18.4 Å². The third-order valence-corrected chi connectivity index (χ3v) is 8.05. The molecule has 38 heavy (non-hydrogen) atoms. The first-order valence-corrected chi connectivity index (χ1v) is 13.8. The number of nitrogens with zero attached hydrogens (tertiary/aromatic N) is 3. The minimum atomic E-state index is -0.308. The van der Waals surface area contributed by atoms with Crippen LogP contribution in [-0.2, 0) is 13.1 Å². The van der Waals surface area contributed by atoms with Crippen molar-refractivity contribution >= 4 is 45.4 Å². The number of rotatable bonds is 7. The molecule has 0 atom stereocenters. The van der Waals surface area contributed by atoms with Crippen LogP contribution in [0, 0.1) is 0 Å². The fourth-order valence-corrected chi connectivity index (χ4v) is 6.00. The van der Waals surface area contributed by atoms with Crippen LogP contribution in [0.15, 0.2) is 65.8 Å². The van der Waals surface area contributed by atoms with Crippen LogP contribution in [0.4, 0.5) is 5.69 Å². The number of amides is 1. The van der Waals surface area contributed by atoms with E-state index < -0.39 is 0 Å². The van der Waals surface area contributed by atoms with E-state index in [4.69, 9.17) is 11.6 Å². The smallest absolute Gasteiger partial charge is 0.258 e. The number of nitrogens with one attached hydrogen (secondary N) is 3. The summed E-state index contributed by atoms with van der Waals surface area (Å²) in [7, 11) is 0. The Kier molecular flexibility index (Phi) is 6.88. The molecule has 10 heteroatoms. The number of anilines is 1. The van der Waals surface area contributed by atoms with Crippen molar-refractivity contribution in [2.45, 2.75) is 32.4 Å². The minimum Gasteiger partial charge on any atom is -0.354 e. The number of hydrogen-bond donors (Lipinski definition) is 3. The molecule has 6 rings (SSSR count). The first-order chi connectivity index (χ1) is 18.5. The lowest BCUT2D eigenvalue weighted by atomic mass is 10.1. The van der Waals surface area contributed by atoms with Gasteiger partial charge in [0.2, 0.25) is 0 Å². The summed E-state index contributed by atoms with van der Waals surface area (Å²) in [6.45, 7) is 3.77. The molecule has 0 bridgehead atoms. The van der Waals surface area contributed by atoms with Crippen LogP contribution in [0.2, 0.25) is 4.34 Å². The predicted octanol–water partition coefficient (Wildman–Crippen LogP) is 5.72. The zero-order valence-electron chi connectivity index (χ0n) is 20.7. The molecule has 1 fully saturated rings.